The van der Waals surface area contributed by atoms with Crippen LogP contribution in [0.4, 0.5) is 5.69 Å². The molecular weight excluding hydrogens is 614 g/mol. The third-order valence-corrected chi connectivity index (χ3v) is 6.82. The van der Waals surface area contributed by atoms with E-state index in [1.54, 1.807) is 17.1 Å². The van der Waals surface area contributed by atoms with Crippen LogP contribution < -0.4 is 15.6 Å². The molecule has 0 spiro atoms. The van der Waals surface area contributed by atoms with Gasteiger partial charge in [-0.3, -0.25) is 19.4 Å². The molecule has 0 radical (unpaired) electrons. The maximum absolute atomic E-state index is 12.3. The second kappa shape index (κ2) is 18.8. The lowest BCUT2D eigenvalue weighted by atomic mass is 10.1. The Morgan fingerprint density at radius 2 is 1.56 bits per heavy atom. The lowest BCUT2D eigenvalue weighted by molar-refractivity contribution is -0.122. The average molecular weight is 653 g/mol. The number of nitrogens with zero attached hydrogens (tertiary/aromatic N) is 2. The van der Waals surface area contributed by atoms with Crippen LogP contribution in [0.1, 0.15) is 85.0 Å². The summed E-state index contributed by atoms with van der Waals surface area (Å²) >= 11 is 13.9. The molecule has 0 aromatic heterocycles. The lowest BCUT2D eigenvalue weighted by Gasteiger charge is -2.14. The Balaban J connectivity index is 0.00000316. The van der Waals surface area contributed by atoms with Gasteiger partial charge in [-0.15, -0.1) is 0 Å². The summed E-state index contributed by atoms with van der Waals surface area (Å²) in [5.41, 5.74) is 0.820. The third-order valence-electron chi connectivity index (χ3n) is 5.54. The van der Waals surface area contributed by atoms with Crippen molar-refractivity contribution in [3.05, 3.63) is 28.2 Å². The first-order valence-corrected chi connectivity index (χ1v) is 14.7. The minimum absolute atomic E-state index is 0.0296. The highest BCUT2D eigenvalue weighted by Crippen LogP contribution is 2.29. The molecule has 0 fully saturated rings. The van der Waals surface area contributed by atoms with E-state index in [4.69, 9.17) is 23.2 Å². The van der Waals surface area contributed by atoms with Gasteiger partial charge < -0.3 is 10.6 Å². The Labute approximate surface area is 239 Å². The molecule has 36 heavy (non-hydrogen) atoms. The molecule has 1 aromatic rings. The van der Waals surface area contributed by atoms with Crippen LogP contribution in [0.25, 0.3) is 0 Å². The molecule has 2 amide bonds. The number of amidine groups is 1. The predicted molar refractivity (Wildman–Crippen MR) is 158 cm³/mol. The summed E-state index contributed by atoms with van der Waals surface area (Å²) in [5.74, 6) is 0.620. The number of halogens is 3. The molecular formula is C26H39Cl2IN4O3. The van der Waals surface area contributed by atoms with Crippen molar-refractivity contribution in [3.8, 4) is 0 Å². The number of benzene rings is 1. The topological polar surface area (TPSA) is 90.9 Å². The number of hydrazone groups is 1. The molecule has 202 valence electrons. The Morgan fingerprint density at radius 3 is 2.19 bits per heavy atom. The highest BCUT2D eigenvalue weighted by atomic mass is 127. The molecule has 2 rings (SSSR count). The number of hydrogen-bond acceptors (Lipinski definition) is 5. The van der Waals surface area contributed by atoms with Crippen molar-refractivity contribution in [2.75, 3.05) is 18.1 Å². The molecule has 0 aliphatic carbocycles. The first kappa shape index (κ1) is 32.6. The van der Waals surface area contributed by atoms with Crippen LogP contribution in [0, 0.1) is 5.92 Å². The van der Waals surface area contributed by atoms with E-state index in [0.29, 0.717) is 54.7 Å². The number of carbonyl (C=O) groups excluding carboxylic acids is 3. The van der Waals surface area contributed by atoms with Gasteiger partial charge in [0.05, 0.1) is 22.3 Å². The monoisotopic (exact) mass is 652 g/mol. The number of hydrogen-bond donors (Lipinski definition) is 2. The Bertz CT molecular complexity index is 883. The van der Waals surface area contributed by atoms with Crippen molar-refractivity contribution in [1.29, 1.82) is 0 Å². The fraction of sp³-hybridized carbons (Fsp3) is 0.615. The van der Waals surface area contributed by atoms with Crippen LogP contribution in [0.2, 0.25) is 10.0 Å². The SMILES string of the molecule is CC.CC1CN(c2ccc(Cl)c(Cl)c2)N=C1NC(=O)CCCNC(=O)CCCCCCCCC(=O)I. The van der Waals surface area contributed by atoms with Crippen LogP contribution >= 0.6 is 45.8 Å². The van der Waals surface area contributed by atoms with E-state index in [1.165, 1.54) is 0 Å². The summed E-state index contributed by atoms with van der Waals surface area (Å²) < 4.78 is 0.222. The molecule has 1 aromatic carbocycles. The van der Waals surface area contributed by atoms with Gasteiger partial charge in [0, 0.05) is 31.7 Å². The molecule has 1 aliphatic rings. The van der Waals surface area contributed by atoms with E-state index in [-0.39, 0.29) is 21.5 Å². The molecule has 0 saturated heterocycles. The Morgan fingerprint density at radius 1 is 0.944 bits per heavy atom. The van der Waals surface area contributed by atoms with Gasteiger partial charge in [-0.1, -0.05) is 69.7 Å². The smallest absolute Gasteiger partial charge is 0.225 e. The first-order chi connectivity index (χ1) is 17.3. The first-order valence-electron chi connectivity index (χ1n) is 12.8. The van der Waals surface area contributed by atoms with Gasteiger partial charge in [-0.05, 0) is 60.1 Å². The second-order valence-electron chi connectivity index (χ2n) is 8.54. The number of carbonyl (C=O) groups is 3. The summed E-state index contributed by atoms with van der Waals surface area (Å²) in [7, 11) is 0. The van der Waals surface area contributed by atoms with Gasteiger partial charge in [0.1, 0.15) is 5.84 Å². The molecule has 10 heteroatoms. The van der Waals surface area contributed by atoms with Crippen molar-refractivity contribution < 1.29 is 14.4 Å². The number of anilines is 1. The summed E-state index contributed by atoms with van der Waals surface area (Å²) in [6.45, 7) is 7.12. The summed E-state index contributed by atoms with van der Waals surface area (Å²) in [6.07, 6.45) is 8.17. The quantitative estimate of drug-likeness (QED) is 0.130. The van der Waals surface area contributed by atoms with E-state index in [2.05, 4.69) is 15.7 Å². The van der Waals surface area contributed by atoms with Crippen molar-refractivity contribution in [3.63, 3.8) is 0 Å². The maximum atomic E-state index is 12.3. The van der Waals surface area contributed by atoms with Crippen molar-refractivity contribution in [2.45, 2.75) is 85.0 Å². The Hall–Kier alpha value is -1.39. The zero-order valence-corrected chi connectivity index (χ0v) is 25.2. The molecule has 7 nitrogen and oxygen atoms in total. The molecule has 1 aliphatic heterocycles. The predicted octanol–water partition coefficient (Wildman–Crippen LogP) is 6.88. The molecule has 2 N–H and O–H groups in total. The summed E-state index contributed by atoms with van der Waals surface area (Å²) in [5, 5.41) is 13.0. The average Bonchev–Trinajstić information content (AvgIpc) is 3.21. The number of amides is 2. The van der Waals surface area contributed by atoms with E-state index in [9.17, 15) is 14.4 Å². The number of nitrogens with one attached hydrogen (secondary N) is 2. The van der Waals surface area contributed by atoms with Gasteiger partial charge >= 0.3 is 0 Å². The summed E-state index contributed by atoms with van der Waals surface area (Å²) in [4.78, 5) is 35.1. The van der Waals surface area contributed by atoms with Crippen LogP contribution in [0.5, 0.6) is 0 Å². The van der Waals surface area contributed by atoms with Crippen LogP contribution in [-0.4, -0.2) is 34.5 Å². The van der Waals surface area contributed by atoms with Crippen molar-refractivity contribution in [1.82, 2.24) is 10.6 Å². The highest BCUT2D eigenvalue weighted by Gasteiger charge is 2.25. The molecule has 1 heterocycles. The Kier molecular flexibility index (Phi) is 17.0. The lowest BCUT2D eigenvalue weighted by Crippen LogP contribution is -2.34. The highest BCUT2D eigenvalue weighted by molar-refractivity contribution is 14.1. The minimum atomic E-state index is -0.111. The number of rotatable bonds is 14. The second-order valence-corrected chi connectivity index (χ2v) is 10.6. The zero-order valence-electron chi connectivity index (χ0n) is 21.5. The van der Waals surface area contributed by atoms with Gasteiger partial charge in [-0.25, -0.2) is 0 Å². The molecule has 0 bridgehead atoms. The van der Waals surface area contributed by atoms with Crippen molar-refractivity contribution >= 4 is 72.9 Å². The standard InChI is InChI=1S/C24H33Cl2IN4O3.C2H6/c1-17-16-31(18-12-13-19(25)20(26)15-18)30-24(17)29-23(34)11-8-14-28-22(33)10-7-5-3-2-4-6-9-21(27)32;1-2/h12-13,15,17H,2-11,14,16H2,1H3,(H,28,33)(H,29,30,34);1-2H3. The van der Waals surface area contributed by atoms with E-state index in [0.717, 1.165) is 44.2 Å². The van der Waals surface area contributed by atoms with Crippen LogP contribution in [0.15, 0.2) is 23.3 Å². The van der Waals surface area contributed by atoms with E-state index in [1.807, 2.05) is 49.4 Å². The number of unbranched alkanes of at least 4 members (excludes halogenated alkanes) is 5. The van der Waals surface area contributed by atoms with E-state index < -0.39 is 0 Å². The van der Waals surface area contributed by atoms with Gasteiger partial charge in [-0.2, -0.15) is 5.10 Å². The minimum Gasteiger partial charge on any atom is -0.356 e. The van der Waals surface area contributed by atoms with Gasteiger partial charge in [0.15, 0.2) is 3.79 Å². The zero-order chi connectivity index (χ0) is 26.9. The van der Waals surface area contributed by atoms with Gasteiger partial charge in [0.2, 0.25) is 11.8 Å². The molecule has 0 saturated carbocycles. The van der Waals surface area contributed by atoms with Crippen LogP contribution in [-0.2, 0) is 14.4 Å². The third kappa shape index (κ3) is 13.2. The fourth-order valence-corrected chi connectivity index (χ4v) is 4.27. The summed E-state index contributed by atoms with van der Waals surface area (Å²) in [6, 6.07) is 5.32. The van der Waals surface area contributed by atoms with Gasteiger partial charge in [0.25, 0.3) is 0 Å². The maximum Gasteiger partial charge on any atom is 0.225 e. The molecule has 1 unspecified atom stereocenters. The van der Waals surface area contributed by atoms with E-state index >= 15 is 0 Å². The normalized spacial score (nSPS) is 14.6. The van der Waals surface area contributed by atoms with Crippen molar-refractivity contribution in [2.24, 2.45) is 11.0 Å². The fourth-order valence-electron chi connectivity index (χ4n) is 3.60. The molecule has 1 atom stereocenters. The largest absolute Gasteiger partial charge is 0.356 e. The van der Waals surface area contributed by atoms with Crippen LogP contribution in [0.3, 0.4) is 0 Å².